The Labute approximate surface area is 185 Å². The summed E-state index contributed by atoms with van der Waals surface area (Å²) in [5.74, 6) is 1.09. The van der Waals surface area contributed by atoms with Crippen molar-refractivity contribution >= 4 is 51.7 Å². The van der Waals surface area contributed by atoms with Crippen molar-refractivity contribution in [2.24, 2.45) is 0 Å². The Balaban J connectivity index is 1.24. The number of halogens is 2. The molecule has 0 atom stereocenters. The summed E-state index contributed by atoms with van der Waals surface area (Å²) in [5.41, 5.74) is 1.95. The largest absolute Gasteiger partial charge is 0.384 e. The van der Waals surface area contributed by atoms with Gasteiger partial charge in [0.25, 0.3) is 0 Å². The van der Waals surface area contributed by atoms with Gasteiger partial charge in [0.15, 0.2) is 0 Å². The molecule has 2 aromatic heterocycles. The first-order valence-electron chi connectivity index (χ1n) is 9.95. The normalized spacial score (nSPS) is 14.1. The van der Waals surface area contributed by atoms with Gasteiger partial charge in [-0.05, 0) is 48.7 Å². The first-order valence-corrected chi connectivity index (χ1v) is 10.7. The van der Waals surface area contributed by atoms with Gasteiger partial charge in [-0.1, -0.05) is 11.6 Å². The average Bonchev–Trinajstić information content (AvgIpc) is 2.76. The standard InChI is InChI=1S/C20H23Cl2N7O/c21-14-3-4-15-16(5-8-24-17(15)13-14)23-6-1-2-7-25-19-26-18(22)27-20(28-19)29-9-11-30-12-10-29/h3-5,8,13H,1-2,6-7,9-12H2,(H,23,24)(H,25,26,27,28). The van der Waals surface area contributed by atoms with Crippen LogP contribution in [0.1, 0.15) is 12.8 Å². The van der Waals surface area contributed by atoms with Gasteiger partial charge in [-0.25, -0.2) is 0 Å². The van der Waals surface area contributed by atoms with Gasteiger partial charge in [0, 0.05) is 48.5 Å². The molecule has 0 saturated carbocycles. The van der Waals surface area contributed by atoms with E-state index in [2.05, 4.69) is 35.5 Å². The number of aromatic nitrogens is 4. The van der Waals surface area contributed by atoms with E-state index in [4.69, 9.17) is 27.9 Å². The van der Waals surface area contributed by atoms with Gasteiger partial charge >= 0.3 is 0 Å². The molecule has 158 valence electrons. The van der Waals surface area contributed by atoms with Crippen LogP contribution in [-0.2, 0) is 4.74 Å². The molecule has 0 aliphatic carbocycles. The highest BCUT2D eigenvalue weighted by molar-refractivity contribution is 6.31. The quantitative estimate of drug-likeness (QED) is 0.503. The Morgan fingerprint density at radius 2 is 1.77 bits per heavy atom. The van der Waals surface area contributed by atoms with E-state index in [1.165, 1.54) is 0 Å². The molecule has 0 radical (unpaired) electrons. The van der Waals surface area contributed by atoms with Crippen molar-refractivity contribution in [3.8, 4) is 0 Å². The second kappa shape index (κ2) is 10.1. The number of rotatable bonds is 8. The third-order valence-corrected chi connectivity index (χ3v) is 5.20. The Morgan fingerprint density at radius 3 is 2.60 bits per heavy atom. The Bertz CT molecular complexity index is 998. The van der Waals surface area contributed by atoms with Gasteiger partial charge in [0.1, 0.15) is 0 Å². The van der Waals surface area contributed by atoms with E-state index in [-0.39, 0.29) is 5.28 Å². The number of nitrogens with one attached hydrogen (secondary N) is 2. The lowest BCUT2D eigenvalue weighted by molar-refractivity contribution is 0.122. The molecule has 2 N–H and O–H groups in total. The number of hydrogen-bond donors (Lipinski definition) is 2. The van der Waals surface area contributed by atoms with E-state index in [1.807, 2.05) is 24.3 Å². The summed E-state index contributed by atoms with van der Waals surface area (Å²) in [5, 5.41) is 8.67. The minimum absolute atomic E-state index is 0.195. The zero-order valence-electron chi connectivity index (χ0n) is 16.4. The summed E-state index contributed by atoms with van der Waals surface area (Å²) < 4.78 is 5.37. The van der Waals surface area contributed by atoms with Crippen LogP contribution in [0.25, 0.3) is 10.9 Å². The maximum Gasteiger partial charge on any atom is 0.231 e. The van der Waals surface area contributed by atoms with Gasteiger partial charge in [-0.2, -0.15) is 15.0 Å². The molecule has 0 bridgehead atoms. The Hall–Kier alpha value is -2.42. The van der Waals surface area contributed by atoms with E-state index in [1.54, 1.807) is 6.20 Å². The Morgan fingerprint density at radius 1 is 0.967 bits per heavy atom. The number of morpholine rings is 1. The van der Waals surface area contributed by atoms with Crippen LogP contribution in [0.15, 0.2) is 30.5 Å². The molecular formula is C20H23Cl2N7O. The van der Waals surface area contributed by atoms with E-state index in [0.717, 1.165) is 55.6 Å². The number of anilines is 3. The fraction of sp³-hybridized carbons (Fsp3) is 0.400. The van der Waals surface area contributed by atoms with E-state index >= 15 is 0 Å². The fourth-order valence-corrected chi connectivity index (χ4v) is 3.59. The SMILES string of the molecule is Clc1ccc2c(NCCCCNc3nc(Cl)nc(N4CCOCC4)n3)ccnc2c1. The predicted molar refractivity (Wildman–Crippen MR) is 121 cm³/mol. The number of pyridine rings is 1. The van der Waals surface area contributed by atoms with Crippen molar-refractivity contribution in [3.05, 3.63) is 40.8 Å². The van der Waals surface area contributed by atoms with Crippen molar-refractivity contribution < 1.29 is 4.74 Å². The molecule has 10 heteroatoms. The van der Waals surface area contributed by atoms with Crippen molar-refractivity contribution in [2.45, 2.75) is 12.8 Å². The van der Waals surface area contributed by atoms with Gasteiger partial charge in [0.05, 0.1) is 18.7 Å². The van der Waals surface area contributed by atoms with Crippen LogP contribution in [0.2, 0.25) is 10.3 Å². The number of unbranched alkanes of at least 4 members (excludes halogenated alkanes) is 1. The molecule has 0 amide bonds. The fourth-order valence-electron chi connectivity index (χ4n) is 3.27. The lowest BCUT2D eigenvalue weighted by Crippen LogP contribution is -2.37. The summed E-state index contributed by atoms with van der Waals surface area (Å²) in [4.78, 5) is 19.3. The lowest BCUT2D eigenvalue weighted by Gasteiger charge is -2.26. The van der Waals surface area contributed by atoms with Crippen LogP contribution in [0, 0.1) is 0 Å². The van der Waals surface area contributed by atoms with Crippen LogP contribution in [0.4, 0.5) is 17.6 Å². The number of ether oxygens (including phenoxy) is 1. The van der Waals surface area contributed by atoms with E-state index in [9.17, 15) is 0 Å². The smallest absolute Gasteiger partial charge is 0.231 e. The predicted octanol–water partition coefficient (Wildman–Crippen LogP) is 3.87. The molecule has 1 fully saturated rings. The molecular weight excluding hydrogens is 425 g/mol. The third-order valence-electron chi connectivity index (χ3n) is 4.80. The van der Waals surface area contributed by atoms with Gasteiger partial charge in [-0.3, -0.25) is 4.98 Å². The van der Waals surface area contributed by atoms with Crippen LogP contribution < -0.4 is 15.5 Å². The first kappa shape index (κ1) is 20.8. The van der Waals surface area contributed by atoms with Crippen LogP contribution in [0.3, 0.4) is 0 Å². The topological polar surface area (TPSA) is 88.1 Å². The molecule has 1 saturated heterocycles. The average molecular weight is 448 g/mol. The molecule has 3 aromatic rings. The number of fused-ring (bicyclic) bond motifs is 1. The highest BCUT2D eigenvalue weighted by Gasteiger charge is 2.16. The van der Waals surface area contributed by atoms with Crippen molar-refractivity contribution in [2.75, 3.05) is 54.9 Å². The molecule has 3 heterocycles. The lowest BCUT2D eigenvalue weighted by atomic mass is 10.2. The molecule has 0 spiro atoms. The van der Waals surface area contributed by atoms with Crippen molar-refractivity contribution in [1.82, 2.24) is 19.9 Å². The molecule has 1 aliphatic heterocycles. The third kappa shape index (κ3) is 5.38. The number of hydrogen-bond acceptors (Lipinski definition) is 8. The van der Waals surface area contributed by atoms with Crippen LogP contribution in [-0.4, -0.2) is 59.3 Å². The molecule has 0 unspecified atom stereocenters. The summed E-state index contributed by atoms with van der Waals surface area (Å²) in [6.07, 6.45) is 3.73. The minimum atomic E-state index is 0.195. The second-order valence-electron chi connectivity index (χ2n) is 6.91. The molecule has 1 aliphatic rings. The maximum atomic E-state index is 6.07. The molecule has 1 aromatic carbocycles. The van der Waals surface area contributed by atoms with Gasteiger partial charge < -0.3 is 20.3 Å². The molecule has 8 nitrogen and oxygen atoms in total. The zero-order valence-corrected chi connectivity index (χ0v) is 18.0. The monoisotopic (exact) mass is 447 g/mol. The first-order chi connectivity index (χ1) is 14.7. The minimum Gasteiger partial charge on any atom is -0.384 e. The highest BCUT2D eigenvalue weighted by atomic mass is 35.5. The van der Waals surface area contributed by atoms with Gasteiger partial charge in [0.2, 0.25) is 17.2 Å². The second-order valence-corrected chi connectivity index (χ2v) is 7.68. The number of benzene rings is 1. The van der Waals surface area contributed by atoms with E-state index in [0.29, 0.717) is 30.1 Å². The highest BCUT2D eigenvalue weighted by Crippen LogP contribution is 2.24. The van der Waals surface area contributed by atoms with Crippen molar-refractivity contribution in [1.29, 1.82) is 0 Å². The molecule has 30 heavy (non-hydrogen) atoms. The van der Waals surface area contributed by atoms with Crippen molar-refractivity contribution in [3.63, 3.8) is 0 Å². The number of nitrogens with zero attached hydrogens (tertiary/aromatic N) is 5. The Kier molecular flexibility index (Phi) is 6.99. The zero-order chi connectivity index (χ0) is 20.8. The summed E-state index contributed by atoms with van der Waals surface area (Å²) >= 11 is 12.1. The summed E-state index contributed by atoms with van der Waals surface area (Å²) in [7, 11) is 0. The summed E-state index contributed by atoms with van der Waals surface area (Å²) in [6, 6.07) is 7.72. The van der Waals surface area contributed by atoms with Crippen LogP contribution in [0.5, 0.6) is 0 Å². The molecule has 4 rings (SSSR count). The maximum absolute atomic E-state index is 6.07. The van der Waals surface area contributed by atoms with Crippen LogP contribution >= 0.6 is 23.2 Å². The van der Waals surface area contributed by atoms with Gasteiger partial charge in [-0.15, -0.1) is 0 Å². The van der Waals surface area contributed by atoms with E-state index < -0.39 is 0 Å². The summed E-state index contributed by atoms with van der Waals surface area (Å²) in [6.45, 7) is 4.43.